The first-order valence-electron chi connectivity index (χ1n) is 3.93. The molecular formula is C9H12N2O. The molecule has 1 rings (SSSR count). The van der Waals surface area contributed by atoms with E-state index < -0.39 is 0 Å². The summed E-state index contributed by atoms with van der Waals surface area (Å²) in [6.45, 7) is 1.88. The van der Waals surface area contributed by atoms with Crippen molar-refractivity contribution in [2.75, 3.05) is 0 Å². The first-order valence-corrected chi connectivity index (χ1v) is 3.93. The van der Waals surface area contributed by atoms with Gasteiger partial charge in [-0.15, -0.1) is 0 Å². The first kappa shape index (κ1) is 8.82. The molecule has 0 aromatic carbocycles. The van der Waals surface area contributed by atoms with Crippen molar-refractivity contribution in [3.8, 4) is 6.07 Å². The van der Waals surface area contributed by atoms with E-state index in [9.17, 15) is 0 Å². The van der Waals surface area contributed by atoms with Crippen LogP contribution in [0, 0.1) is 18.3 Å². The fourth-order valence-corrected chi connectivity index (χ4v) is 1.02. The Labute approximate surface area is 71.8 Å². The molecule has 0 radical (unpaired) electrons. The van der Waals surface area contributed by atoms with E-state index in [-0.39, 0.29) is 6.04 Å². The van der Waals surface area contributed by atoms with Gasteiger partial charge in [0.05, 0.1) is 12.1 Å². The minimum atomic E-state index is -0.140. The van der Waals surface area contributed by atoms with E-state index in [1.165, 1.54) is 0 Å². The SMILES string of the molecule is Cc1ccc(C(N)CCC#N)o1. The molecule has 1 heterocycles. The second kappa shape index (κ2) is 3.93. The van der Waals surface area contributed by atoms with Gasteiger partial charge in [0.2, 0.25) is 0 Å². The molecule has 2 N–H and O–H groups in total. The van der Waals surface area contributed by atoms with Crippen LogP contribution >= 0.6 is 0 Å². The molecule has 0 aliphatic heterocycles. The monoisotopic (exact) mass is 164 g/mol. The van der Waals surface area contributed by atoms with Gasteiger partial charge < -0.3 is 10.2 Å². The fraction of sp³-hybridized carbons (Fsp3) is 0.444. The predicted octanol–water partition coefficient (Wildman–Crippen LogP) is 1.89. The molecular weight excluding hydrogens is 152 g/mol. The third-order valence-corrected chi connectivity index (χ3v) is 1.69. The van der Waals surface area contributed by atoms with Crippen molar-refractivity contribution in [2.24, 2.45) is 5.73 Å². The van der Waals surface area contributed by atoms with Gasteiger partial charge in [-0.1, -0.05) is 0 Å². The van der Waals surface area contributed by atoms with E-state index in [4.69, 9.17) is 15.4 Å². The second-order valence-electron chi connectivity index (χ2n) is 2.75. The van der Waals surface area contributed by atoms with Gasteiger partial charge in [0.1, 0.15) is 11.5 Å². The lowest BCUT2D eigenvalue weighted by molar-refractivity contribution is 0.436. The van der Waals surface area contributed by atoms with E-state index in [0.717, 1.165) is 11.5 Å². The molecule has 3 nitrogen and oxygen atoms in total. The summed E-state index contributed by atoms with van der Waals surface area (Å²) in [6.07, 6.45) is 1.13. The molecule has 0 amide bonds. The van der Waals surface area contributed by atoms with Crippen LogP contribution in [-0.4, -0.2) is 0 Å². The van der Waals surface area contributed by atoms with Gasteiger partial charge in [-0.25, -0.2) is 0 Å². The van der Waals surface area contributed by atoms with Gasteiger partial charge in [0, 0.05) is 6.42 Å². The molecule has 3 heteroatoms. The summed E-state index contributed by atoms with van der Waals surface area (Å²) in [5.41, 5.74) is 5.75. The van der Waals surface area contributed by atoms with Gasteiger partial charge in [-0.2, -0.15) is 5.26 Å². The van der Waals surface area contributed by atoms with Crippen LogP contribution in [-0.2, 0) is 0 Å². The van der Waals surface area contributed by atoms with Gasteiger partial charge in [0.25, 0.3) is 0 Å². The zero-order chi connectivity index (χ0) is 8.97. The number of hydrogen-bond donors (Lipinski definition) is 1. The summed E-state index contributed by atoms with van der Waals surface area (Å²) < 4.78 is 5.31. The summed E-state index contributed by atoms with van der Waals surface area (Å²) in [7, 11) is 0. The van der Waals surface area contributed by atoms with Crippen molar-refractivity contribution in [3.05, 3.63) is 23.7 Å². The minimum absolute atomic E-state index is 0.140. The van der Waals surface area contributed by atoms with Crippen LogP contribution in [0.1, 0.15) is 30.4 Å². The number of furan rings is 1. The summed E-state index contributed by atoms with van der Waals surface area (Å²) in [5, 5.41) is 8.33. The highest BCUT2D eigenvalue weighted by Crippen LogP contribution is 2.17. The quantitative estimate of drug-likeness (QED) is 0.742. The van der Waals surface area contributed by atoms with Crippen molar-refractivity contribution >= 4 is 0 Å². The maximum atomic E-state index is 8.33. The van der Waals surface area contributed by atoms with Crippen LogP contribution in [0.2, 0.25) is 0 Å². The number of rotatable bonds is 3. The average Bonchev–Trinajstić information content (AvgIpc) is 2.47. The molecule has 1 unspecified atom stereocenters. The Balaban J connectivity index is 2.54. The second-order valence-corrected chi connectivity index (χ2v) is 2.75. The molecule has 0 fully saturated rings. The maximum absolute atomic E-state index is 8.33. The Morgan fingerprint density at radius 2 is 2.42 bits per heavy atom. The molecule has 0 spiro atoms. The summed E-state index contributed by atoms with van der Waals surface area (Å²) in [6, 6.07) is 5.65. The van der Waals surface area contributed by atoms with Crippen LogP contribution in [0.25, 0.3) is 0 Å². The van der Waals surface area contributed by atoms with Crippen molar-refractivity contribution in [3.63, 3.8) is 0 Å². The highest BCUT2D eigenvalue weighted by molar-refractivity contribution is 5.09. The zero-order valence-corrected chi connectivity index (χ0v) is 7.08. The topological polar surface area (TPSA) is 63.0 Å². The van der Waals surface area contributed by atoms with Gasteiger partial charge in [-0.3, -0.25) is 0 Å². The number of hydrogen-bond acceptors (Lipinski definition) is 3. The lowest BCUT2D eigenvalue weighted by Crippen LogP contribution is -2.08. The molecule has 0 saturated carbocycles. The van der Waals surface area contributed by atoms with Crippen molar-refractivity contribution in [2.45, 2.75) is 25.8 Å². The summed E-state index contributed by atoms with van der Waals surface area (Å²) in [5.74, 6) is 1.63. The van der Waals surface area contributed by atoms with Crippen molar-refractivity contribution in [1.29, 1.82) is 5.26 Å². The number of aryl methyl sites for hydroxylation is 1. The maximum Gasteiger partial charge on any atom is 0.120 e. The standard InChI is InChI=1S/C9H12N2O/c1-7-4-5-9(12-7)8(11)3-2-6-10/h4-5,8H,2-3,11H2,1H3. The Kier molecular flexibility index (Phi) is 2.89. The molecule has 64 valence electrons. The van der Waals surface area contributed by atoms with Gasteiger partial charge >= 0.3 is 0 Å². The number of nitrogens with two attached hydrogens (primary N) is 1. The molecule has 0 saturated heterocycles. The first-order chi connectivity index (χ1) is 5.74. The van der Waals surface area contributed by atoms with Crippen LogP contribution in [0.15, 0.2) is 16.5 Å². The van der Waals surface area contributed by atoms with Crippen molar-refractivity contribution in [1.82, 2.24) is 0 Å². The normalized spacial score (nSPS) is 12.4. The van der Waals surface area contributed by atoms with E-state index >= 15 is 0 Å². The fourth-order valence-electron chi connectivity index (χ4n) is 1.02. The van der Waals surface area contributed by atoms with Gasteiger partial charge in [0.15, 0.2) is 0 Å². The van der Waals surface area contributed by atoms with Crippen molar-refractivity contribution < 1.29 is 4.42 Å². The molecule has 0 bridgehead atoms. The smallest absolute Gasteiger partial charge is 0.120 e. The lowest BCUT2D eigenvalue weighted by Gasteiger charge is -2.04. The Bertz CT molecular complexity index is 285. The average molecular weight is 164 g/mol. The third-order valence-electron chi connectivity index (χ3n) is 1.69. The highest BCUT2D eigenvalue weighted by Gasteiger charge is 2.08. The molecule has 1 aromatic heterocycles. The number of nitrogens with zero attached hydrogens (tertiary/aromatic N) is 1. The molecule has 0 aliphatic rings. The van der Waals surface area contributed by atoms with Crippen LogP contribution in [0.5, 0.6) is 0 Å². The Morgan fingerprint density at radius 3 is 2.92 bits per heavy atom. The third kappa shape index (κ3) is 2.11. The summed E-state index contributed by atoms with van der Waals surface area (Å²) >= 11 is 0. The van der Waals surface area contributed by atoms with Crippen LogP contribution in [0.3, 0.4) is 0 Å². The molecule has 0 aliphatic carbocycles. The lowest BCUT2D eigenvalue weighted by atomic mass is 10.1. The molecule has 1 aromatic rings. The predicted molar refractivity (Wildman–Crippen MR) is 45.2 cm³/mol. The Morgan fingerprint density at radius 1 is 1.67 bits per heavy atom. The van der Waals surface area contributed by atoms with Crippen LogP contribution < -0.4 is 5.73 Å². The van der Waals surface area contributed by atoms with E-state index in [1.54, 1.807) is 0 Å². The zero-order valence-electron chi connectivity index (χ0n) is 7.08. The van der Waals surface area contributed by atoms with Gasteiger partial charge in [-0.05, 0) is 25.5 Å². The van der Waals surface area contributed by atoms with E-state index in [1.807, 2.05) is 19.1 Å². The van der Waals surface area contributed by atoms with E-state index in [0.29, 0.717) is 12.8 Å². The van der Waals surface area contributed by atoms with E-state index in [2.05, 4.69) is 6.07 Å². The highest BCUT2D eigenvalue weighted by atomic mass is 16.3. The molecule has 12 heavy (non-hydrogen) atoms. The molecule has 1 atom stereocenters. The minimum Gasteiger partial charge on any atom is -0.465 e. The van der Waals surface area contributed by atoms with Crippen LogP contribution in [0.4, 0.5) is 0 Å². The summed E-state index contributed by atoms with van der Waals surface area (Å²) in [4.78, 5) is 0. The Hall–Kier alpha value is -1.27. The largest absolute Gasteiger partial charge is 0.465 e. The number of nitriles is 1.